The molecular weight excluding hydrogens is 331 g/mol. The molecule has 0 aliphatic carbocycles. The predicted molar refractivity (Wildman–Crippen MR) is 79.5 cm³/mol. The van der Waals surface area contributed by atoms with Crippen LogP contribution in [-0.2, 0) is 0 Å². The maximum absolute atomic E-state index is 14.0. The van der Waals surface area contributed by atoms with Crippen LogP contribution in [0.4, 0.5) is 4.39 Å². The van der Waals surface area contributed by atoms with Gasteiger partial charge in [0.05, 0.1) is 12.5 Å². The van der Waals surface area contributed by atoms with Gasteiger partial charge in [-0.25, -0.2) is 4.39 Å². The van der Waals surface area contributed by atoms with Crippen LogP contribution in [0.2, 0.25) is 0 Å². The lowest BCUT2D eigenvalue weighted by molar-refractivity contribution is 0.410. The van der Waals surface area contributed by atoms with Crippen molar-refractivity contribution in [2.24, 2.45) is 0 Å². The van der Waals surface area contributed by atoms with E-state index in [0.717, 1.165) is 15.6 Å². The second kappa shape index (κ2) is 5.93. The molecule has 0 bridgehead atoms. The van der Waals surface area contributed by atoms with Crippen molar-refractivity contribution in [3.8, 4) is 5.75 Å². The Morgan fingerprint density at radius 1 is 1.16 bits per heavy atom. The van der Waals surface area contributed by atoms with Crippen LogP contribution >= 0.6 is 27.5 Å². The van der Waals surface area contributed by atoms with Crippen LogP contribution in [0.25, 0.3) is 0 Å². The van der Waals surface area contributed by atoms with Crippen molar-refractivity contribution in [3.63, 3.8) is 0 Å². The van der Waals surface area contributed by atoms with Crippen LogP contribution in [0, 0.1) is 12.7 Å². The molecule has 0 aromatic heterocycles. The van der Waals surface area contributed by atoms with E-state index in [-0.39, 0.29) is 5.82 Å². The Morgan fingerprint density at radius 3 is 2.53 bits per heavy atom. The minimum atomic E-state index is -0.590. The largest absolute Gasteiger partial charge is 0.496 e. The van der Waals surface area contributed by atoms with Gasteiger partial charge in [0, 0.05) is 15.6 Å². The highest BCUT2D eigenvalue weighted by Crippen LogP contribution is 2.37. The zero-order chi connectivity index (χ0) is 14.0. The molecule has 1 unspecified atom stereocenters. The van der Waals surface area contributed by atoms with E-state index in [1.807, 2.05) is 25.1 Å². The number of benzene rings is 2. The molecule has 0 saturated carbocycles. The molecule has 0 aliphatic rings. The zero-order valence-corrected chi connectivity index (χ0v) is 12.9. The van der Waals surface area contributed by atoms with E-state index in [4.69, 9.17) is 16.3 Å². The van der Waals surface area contributed by atoms with Crippen LogP contribution < -0.4 is 4.74 Å². The van der Waals surface area contributed by atoms with Crippen molar-refractivity contribution in [1.29, 1.82) is 0 Å². The normalized spacial score (nSPS) is 12.3. The Morgan fingerprint density at radius 2 is 1.89 bits per heavy atom. The summed E-state index contributed by atoms with van der Waals surface area (Å²) in [5.41, 5.74) is 2.05. The SMILES string of the molecule is COc1ccc(Br)cc1C(Cl)c1ccc(C)cc1F. The molecule has 0 saturated heterocycles. The molecule has 0 N–H and O–H groups in total. The van der Waals surface area contributed by atoms with Gasteiger partial charge >= 0.3 is 0 Å². The van der Waals surface area contributed by atoms with Crippen LogP contribution in [-0.4, -0.2) is 7.11 Å². The smallest absolute Gasteiger partial charge is 0.128 e. The maximum Gasteiger partial charge on any atom is 0.128 e. The molecule has 2 aromatic rings. The van der Waals surface area contributed by atoms with Crippen molar-refractivity contribution in [1.82, 2.24) is 0 Å². The number of aryl methyl sites for hydroxylation is 1. The Kier molecular flexibility index (Phi) is 4.48. The summed E-state index contributed by atoms with van der Waals surface area (Å²) in [7, 11) is 1.57. The average molecular weight is 344 g/mol. The number of ether oxygens (including phenoxy) is 1. The summed E-state index contributed by atoms with van der Waals surface area (Å²) in [6, 6.07) is 10.5. The molecule has 0 amide bonds. The molecule has 1 nitrogen and oxygen atoms in total. The highest BCUT2D eigenvalue weighted by molar-refractivity contribution is 9.10. The van der Waals surface area contributed by atoms with E-state index in [0.29, 0.717) is 11.3 Å². The van der Waals surface area contributed by atoms with Crippen LogP contribution in [0.1, 0.15) is 22.1 Å². The molecule has 2 aromatic carbocycles. The average Bonchev–Trinajstić information content (AvgIpc) is 2.38. The fourth-order valence-electron chi connectivity index (χ4n) is 1.91. The fraction of sp³-hybridized carbons (Fsp3) is 0.200. The Balaban J connectivity index is 2.49. The predicted octanol–water partition coefficient (Wildman–Crippen LogP) is 5.23. The molecular formula is C15H13BrClFO. The summed E-state index contributed by atoms with van der Waals surface area (Å²) in [6.07, 6.45) is 0. The highest BCUT2D eigenvalue weighted by atomic mass is 79.9. The van der Waals surface area contributed by atoms with Crippen molar-refractivity contribution < 1.29 is 9.13 Å². The van der Waals surface area contributed by atoms with Crippen molar-refractivity contribution >= 4 is 27.5 Å². The number of halogens is 3. The summed E-state index contributed by atoms with van der Waals surface area (Å²) in [5, 5.41) is -0.590. The molecule has 0 heterocycles. The van der Waals surface area contributed by atoms with E-state index >= 15 is 0 Å². The van der Waals surface area contributed by atoms with Crippen LogP contribution in [0.5, 0.6) is 5.75 Å². The topological polar surface area (TPSA) is 9.23 Å². The first-order valence-corrected chi connectivity index (χ1v) is 6.99. The van der Waals surface area contributed by atoms with E-state index in [1.165, 1.54) is 6.07 Å². The van der Waals surface area contributed by atoms with Gasteiger partial charge in [-0.15, -0.1) is 11.6 Å². The second-order valence-corrected chi connectivity index (χ2v) is 5.63. The van der Waals surface area contributed by atoms with Gasteiger partial charge in [0.2, 0.25) is 0 Å². The van der Waals surface area contributed by atoms with Gasteiger partial charge in [-0.3, -0.25) is 0 Å². The van der Waals surface area contributed by atoms with Crippen molar-refractivity contribution in [2.75, 3.05) is 7.11 Å². The number of alkyl halides is 1. The van der Waals surface area contributed by atoms with Gasteiger partial charge < -0.3 is 4.74 Å². The molecule has 4 heteroatoms. The lowest BCUT2D eigenvalue weighted by Crippen LogP contribution is -2.00. The van der Waals surface area contributed by atoms with Gasteiger partial charge in [-0.05, 0) is 36.8 Å². The lowest BCUT2D eigenvalue weighted by Gasteiger charge is -2.15. The highest BCUT2D eigenvalue weighted by Gasteiger charge is 2.19. The van der Waals surface area contributed by atoms with E-state index < -0.39 is 5.38 Å². The minimum absolute atomic E-state index is 0.304. The monoisotopic (exact) mass is 342 g/mol. The van der Waals surface area contributed by atoms with Crippen molar-refractivity contribution in [3.05, 3.63) is 63.4 Å². The fourth-order valence-corrected chi connectivity index (χ4v) is 2.63. The molecule has 1 atom stereocenters. The third-order valence-electron chi connectivity index (χ3n) is 2.89. The summed E-state index contributed by atoms with van der Waals surface area (Å²) in [6.45, 7) is 1.84. The van der Waals surface area contributed by atoms with E-state index in [2.05, 4.69) is 15.9 Å². The second-order valence-electron chi connectivity index (χ2n) is 4.27. The summed E-state index contributed by atoms with van der Waals surface area (Å²) >= 11 is 9.79. The first-order chi connectivity index (χ1) is 9.02. The number of rotatable bonds is 3. The summed E-state index contributed by atoms with van der Waals surface area (Å²) in [4.78, 5) is 0. The molecule has 100 valence electrons. The molecule has 0 spiro atoms. The van der Waals surface area contributed by atoms with E-state index in [9.17, 15) is 4.39 Å². The van der Waals surface area contributed by atoms with Gasteiger partial charge in [-0.2, -0.15) is 0 Å². The summed E-state index contributed by atoms with van der Waals surface area (Å²) < 4.78 is 20.1. The van der Waals surface area contributed by atoms with E-state index in [1.54, 1.807) is 19.2 Å². The quantitative estimate of drug-likeness (QED) is 0.693. The standard InChI is InChI=1S/C15H13BrClFO/c1-9-3-5-11(13(18)7-9)15(17)12-8-10(16)4-6-14(12)19-2/h3-8,15H,1-2H3. The van der Waals surface area contributed by atoms with Crippen LogP contribution in [0.3, 0.4) is 0 Å². The Bertz CT molecular complexity index is 601. The molecule has 2 rings (SSSR count). The van der Waals surface area contributed by atoms with Gasteiger partial charge in [0.25, 0.3) is 0 Å². The minimum Gasteiger partial charge on any atom is -0.496 e. The zero-order valence-electron chi connectivity index (χ0n) is 10.6. The number of hydrogen-bond donors (Lipinski definition) is 0. The number of methoxy groups -OCH3 is 1. The Labute approximate surface area is 125 Å². The van der Waals surface area contributed by atoms with Gasteiger partial charge in [-0.1, -0.05) is 28.1 Å². The molecule has 0 fully saturated rings. The van der Waals surface area contributed by atoms with Gasteiger partial charge in [0.1, 0.15) is 11.6 Å². The molecule has 0 aliphatic heterocycles. The molecule has 0 radical (unpaired) electrons. The third-order valence-corrected chi connectivity index (χ3v) is 3.86. The van der Waals surface area contributed by atoms with Gasteiger partial charge in [0.15, 0.2) is 0 Å². The first-order valence-electron chi connectivity index (χ1n) is 5.76. The third kappa shape index (κ3) is 3.10. The lowest BCUT2D eigenvalue weighted by atomic mass is 10.0. The first kappa shape index (κ1) is 14.4. The van der Waals surface area contributed by atoms with Crippen molar-refractivity contribution in [2.45, 2.75) is 12.3 Å². The molecule has 19 heavy (non-hydrogen) atoms. The maximum atomic E-state index is 14.0. The van der Waals surface area contributed by atoms with Crippen LogP contribution in [0.15, 0.2) is 40.9 Å². The number of hydrogen-bond acceptors (Lipinski definition) is 1. The summed E-state index contributed by atoms with van der Waals surface area (Å²) in [5.74, 6) is 0.338. The Hall–Kier alpha value is -1.06.